The van der Waals surface area contributed by atoms with Crippen molar-refractivity contribution in [2.24, 2.45) is 5.92 Å². The fourth-order valence-electron chi connectivity index (χ4n) is 3.44. The number of ether oxygens (including phenoxy) is 2. The van der Waals surface area contributed by atoms with Crippen LogP contribution in [0.15, 0.2) is 33.9 Å². The van der Waals surface area contributed by atoms with Gasteiger partial charge in [0.05, 0.1) is 14.2 Å². The van der Waals surface area contributed by atoms with Crippen LogP contribution in [0.5, 0.6) is 11.5 Å². The topological polar surface area (TPSA) is 97.8 Å². The Bertz CT molecular complexity index is 1110. The third kappa shape index (κ3) is 3.89. The molecule has 1 aliphatic rings. The summed E-state index contributed by atoms with van der Waals surface area (Å²) in [5, 5.41) is 5.09. The zero-order valence-corrected chi connectivity index (χ0v) is 18.9. The molecule has 11 heteroatoms. The van der Waals surface area contributed by atoms with E-state index in [-0.39, 0.29) is 11.8 Å². The summed E-state index contributed by atoms with van der Waals surface area (Å²) in [6, 6.07) is 6.90. The smallest absolute Gasteiger partial charge is 0.252 e. The number of carbonyl (C=O) groups is 1. The van der Waals surface area contributed by atoms with E-state index >= 15 is 0 Å². The van der Waals surface area contributed by atoms with Gasteiger partial charge in [0, 0.05) is 19.0 Å². The quantitative estimate of drug-likeness (QED) is 0.597. The zero-order chi connectivity index (χ0) is 21.3. The van der Waals surface area contributed by atoms with E-state index in [0.29, 0.717) is 52.3 Å². The van der Waals surface area contributed by atoms with E-state index in [2.05, 4.69) is 10.3 Å². The number of carbonyl (C=O) groups excluding carboxylic acids is 1. The molecule has 30 heavy (non-hydrogen) atoms. The number of nitrogens with zero attached hydrogens (tertiary/aromatic N) is 2. The summed E-state index contributed by atoms with van der Waals surface area (Å²) >= 11 is 2.52. The van der Waals surface area contributed by atoms with Gasteiger partial charge in [-0.3, -0.25) is 4.79 Å². The van der Waals surface area contributed by atoms with Gasteiger partial charge in [0.1, 0.15) is 25.9 Å². The molecule has 0 radical (unpaired) electrons. The maximum Gasteiger partial charge on any atom is 0.252 e. The lowest BCUT2D eigenvalue weighted by Crippen LogP contribution is -2.41. The van der Waals surface area contributed by atoms with Gasteiger partial charge in [-0.15, -0.1) is 11.3 Å². The second-order valence-corrected chi connectivity index (χ2v) is 10.9. The summed E-state index contributed by atoms with van der Waals surface area (Å²) in [6.45, 7) is 0.639. The van der Waals surface area contributed by atoms with Crippen LogP contribution in [0.1, 0.15) is 12.8 Å². The molecule has 4 rings (SSSR count). The van der Waals surface area contributed by atoms with Crippen LogP contribution < -0.4 is 14.8 Å². The molecule has 3 heterocycles. The van der Waals surface area contributed by atoms with E-state index in [9.17, 15) is 13.2 Å². The van der Waals surface area contributed by atoms with Crippen molar-refractivity contribution in [2.45, 2.75) is 17.1 Å². The SMILES string of the molecule is COc1ccc(OC)c2sc(NC(=O)C3CCN(S(=O)(=O)c4cccs4)CC3)nc12. The van der Waals surface area contributed by atoms with Crippen molar-refractivity contribution in [3.8, 4) is 11.5 Å². The summed E-state index contributed by atoms with van der Waals surface area (Å²) < 4.78 is 38.6. The normalized spacial score (nSPS) is 15.9. The molecule has 160 valence electrons. The number of methoxy groups -OCH3 is 2. The van der Waals surface area contributed by atoms with Gasteiger partial charge in [-0.25, -0.2) is 13.4 Å². The second kappa shape index (κ2) is 8.50. The van der Waals surface area contributed by atoms with Crippen molar-refractivity contribution in [1.82, 2.24) is 9.29 Å². The number of hydrogen-bond acceptors (Lipinski definition) is 8. The molecule has 8 nitrogen and oxygen atoms in total. The van der Waals surface area contributed by atoms with Crippen molar-refractivity contribution >= 4 is 54.0 Å². The van der Waals surface area contributed by atoms with E-state index in [0.717, 1.165) is 4.70 Å². The number of nitrogens with one attached hydrogen (secondary N) is 1. The number of piperidine rings is 1. The molecule has 2 aromatic heterocycles. The molecule has 1 aromatic carbocycles. The summed E-state index contributed by atoms with van der Waals surface area (Å²) in [7, 11) is -0.330. The Kier molecular flexibility index (Phi) is 5.96. The predicted molar refractivity (Wildman–Crippen MR) is 117 cm³/mol. The number of rotatable bonds is 6. The molecule has 0 spiro atoms. The molecule has 1 saturated heterocycles. The first-order chi connectivity index (χ1) is 14.4. The van der Waals surface area contributed by atoms with Gasteiger partial charge in [0.15, 0.2) is 5.13 Å². The molecule has 1 N–H and O–H groups in total. The molecule has 1 aliphatic heterocycles. The molecule has 0 aliphatic carbocycles. The van der Waals surface area contributed by atoms with Crippen LogP contribution in [0.2, 0.25) is 0 Å². The maximum absolute atomic E-state index is 12.8. The highest BCUT2D eigenvalue weighted by atomic mass is 32.2. The monoisotopic (exact) mass is 467 g/mol. The summed E-state index contributed by atoms with van der Waals surface area (Å²) in [5.74, 6) is 0.848. The van der Waals surface area contributed by atoms with Crippen molar-refractivity contribution < 1.29 is 22.7 Å². The van der Waals surface area contributed by atoms with Crippen LogP contribution in [0.25, 0.3) is 10.2 Å². The minimum absolute atomic E-state index is 0.153. The van der Waals surface area contributed by atoms with Crippen molar-refractivity contribution in [3.05, 3.63) is 29.6 Å². The van der Waals surface area contributed by atoms with E-state index in [1.54, 1.807) is 43.9 Å². The Labute approximate surface area is 182 Å². The Hall–Kier alpha value is -2.21. The summed E-state index contributed by atoms with van der Waals surface area (Å²) in [5.41, 5.74) is 0.633. The molecule has 0 unspecified atom stereocenters. The Morgan fingerprint density at radius 3 is 2.50 bits per heavy atom. The number of thiophene rings is 1. The van der Waals surface area contributed by atoms with E-state index in [4.69, 9.17) is 9.47 Å². The average Bonchev–Trinajstić information content (AvgIpc) is 3.43. The molecule has 0 bridgehead atoms. The highest BCUT2D eigenvalue weighted by Crippen LogP contribution is 2.39. The molecule has 1 fully saturated rings. The number of anilines is 1. The number of sulfonamides is 1. The van der Waals surface area contributed by atoms with Crippen LogP contribution in [0.3, 0.4) is 0 Å². The molecule has 0 atom stereocenters. The van der Waals surface area contributed by atoms with Gasteiger partial charge in [-0.05, 0) is 36.4 Å². The molecule has 3 aromatic rings. The van der Waals surface area contributed by atoms with Gasteiger partial charge in [-0.2, -0.15) is 4.31 Å². The van der Waals surface area contributed by atoms with Crippen LogP contribution in [0.4, 0.5) is 5.13 Å². The van der Waals surface area contributed by atoms with Crippen LogP contribution in [-0.4, -0.2) is 50.9 Å². The number of thiazole rings is 1. The maximum atomic E-state index is 12.8. The highest BCUT2D eigenvalue weighted by molar-refractivity contribution is 7.91. The van der Waals surface area contributed by atoms with Gasteiger partial charge in [-0.1, -0.05) is 17.4 Å². The first-order valence-electron chi connectivity index (χ1n) is 9.30. The standard InChI is InChI=1S/C19H21N3O5S3/c1-26-13-5-6-14(27-2)17-16(13)20-19(29-17)21-18(23)12-7-9-22(10-8-12)30(24,25)15-4-3-11-28-15/h3-6,11-12H,7-10H2,1-2H3,(H,20,21,23). The number of hydrogen-bond donors (Lipinski definition) is 1. The fourth-order valence-corrected chi connectivity index (χ4v) is 7.03. The minimum Gasteiger partial charge on any atom is -0.495 e. The Morgan fingerprint density at radius 1 is 1.17 bits per heavy atom. The summed E-state index contributed by atoms with van der Waals surface area (Å²) in [4.78, 5) is 17.3. The minimum atomic E-state index is -3.48. The highest BCUT2D eigenvalue weighted by Gasteiger charge is 2.33. The molecular formula is C19H21N3O5S3. The molecule has 1 amide bonds. The first kappa shape index (κ1) is 21.0. The van der Waals surface area contributed by atoms with E-state index in [1.807, 2.05) is 0 Å². The van der Waals surface area contributed by atoms with Crippen molar-refractivity contribution in [3.63, 3.8) is 0 Å². The number of aromatic nitrogens is 1. The lowest BCUT2D eigenvalue weighted by Gasteiger charge is -2.29. The van der Waals surface area contributed by atoms with E-state index in [1.165, 1.54) is 27.0 Å². The van der Waals surface area contributed by atoms with E-state index < -0.39 is 10.0 Å². The van der Waals surface area contributed by atoms with Crippen LogP contribution in [0, 0.1) is 5.92 Å². The lowest BCUT2D eigenvalue weighted by molar-refractivity contribution is -0.120. The Balaban J connectivity index is 1.44. The summed E-state index contributed by atoms with van der Waals surface area (Å²) in [6.07, 6.45) is 0.932. The van der Waals surface area contributed by atoms with Crippen LogP contribution >= 0.6 is 22.7 Å². The Morgan fingerprint density at radius 2 is 1.87 bits per heavy atom. The largest absolute Gasteiger partial charge is 0.495 e. The van der Waals surface area contributed by atoms with Crippen LogP contribution in [-0.2, 0) is 14.8 Å². The first-order valence-corrected chi connectivity index (χ1v) is 12.4. The van der Waals surface area contributed by atoms with Crippen molar-refractivity contribution in [2.75, 3.05) is 32.6 Å². The third-order valence-corrected chi connectivity index (χ3v) is 9.31. The van der Waals surface area contributed by atoms with Gasteiger partial charge >= 0.3 is 0 Å². The molecular weight excluding hydrogens is 446 g/mol. The zero-order valence-electron chi connectivity index (χ0n) is 16.5. The number of fused-ring (bicyclic) bond motifs is 1. The predicted octanol–water partition coefficient (Wildman–Crippen LogP) is 3.41. The van der Waals surface area contributed by atoms with Crippen molar-refractivity contribution in [1.29, 1.82) is 0 Å². The average molecular weight is 468 g/mol. The van der Waals surface area contributed by atoms with Gasteiger partial charge in [0.2, 0.25) is 5.91 Å². The lowest BCUT2D eigenvalue weighted by atomic mass is 9.97. The molecule has 0 saturated carbocycles. The van der Waals surface area contributed by atoms with Gasteiger partial charge in [0.25, 0.3) is 10.0 Å². The third-order valence-electron chi connectivity index (χ3n) is 5.05. The number of benzene rings is 1. The fraction of sp³-hybridized carbons (Fsp3) is 0.368. The van der Waals surface area contributed by atoms with Gasteiger partial charge < -0.3 is 14.8 Å². The second-order valence-electron chi connectivity index (χ2n) is 6.77. The number of amides is 1.